The van der Waals surface area contributed by atoms with Gasteiger partial charge in [0.1, 0.15) is 6.04 Å². The summed E-state index contributed by atoms with van der Waals surface area (Å²) in [6, 6.07) is -0.738. The van der Waals surface area contributed by atoms with E-state index in [1.54, 1.807) is 0 Å². The van der Waals surface area contributed by atoms with Gasteiger partial charge in [-0.05, 0) is 0 Å². The molecule has 0 aromatic rings. The highest BCUT2D eigenvalue weighted by molar-refractivity contribution is 7.98. The molecule has 0 spiro atoms. The quantitative estimate of drug-likeness (QED) is 0.392. The molecular formula is C9H13NO4S. The maximum atomic E-state index is 11.3. The molecule has 1 amide bonds. The van der Waals surface area contributed by atoms with E-state index in [-0.39, 0.29) is 17.2 Å². The number of carbonyl (C=O) groups excluding carboxylic acids is 1. The minimum Gasteiger partial charge on any atom is -0.480 e. The predicted molar refractivity (Wildman–Crippen MR) is 57.1 cm³/mol. The number of carbonyl (C=O) groups is 2. The lowest BCUT2D eigenvalue weighted by Gasteiger charge is -2.47. The van der Waals surface area contributed by atoms with E-state index in [1.165, 1.54) is 12.0 Å². The van der Waals surface area contributed by atoms with Crippen LogP contribution < -0.4 is 0 Å². The van der Waals surface area contributed by atoms with E-state index < -0.39 is 12.0 Å². The van der Waals surface area contributed by atoms with E-state index >= 15 is 0 Å². The fraction of sp³-hybridized carbons (Fsp3) is 0.667. The fourth-order valence-electron chi connectivity index (χ4n) is 2.01. The number of thiol groups is 1. The van der Waals surface area contributed by atoms with Gasteiger partial charge in [-0.25, -0.2) is 4.79 Å². The van der Waals surface area contributed by atoms with E-state index in [0.717, 1.165) is 11.4 Å². The van der Waals surface area contributed by atoms with Crippen molar-refractivity contribution in [2.45, 2.75) is 17.8 Å². The standard InChI is InChI=1S/C9H13NO4S/c1-14-3-5-4-15-7-2-6(11)10(7)8(5)9(12)13/h4-5,7-8,15H,2-3H2,1H3,(H,12,13). The van der Waals surface area contributed by atoms with Gasteiger partial charge in [0.2, 0.25) is 5.91 Å². The Kier molecular flexibility index (Phi) is 2.79. The third-order valence-corrected chi connectivity index (χ3v) is 4.06. The van der Waals surface area contributed by atoms with Gasteiger partial charge in [0.15, 0.2) is 0 Å². The second-order valence-corrected chi connectivity index (χ2v) is 4.88. The smallest absolute Gasteiger partial charge is 0.327 e. The van der Waals surface area contributed by atoms with Gasteiger partial charge in [0.05, 0.1) is 18.4 Å². The first-order valence-electron chi connectivity index (χ1n) is 4.71. The number of nitrogens with zero attached hydrogens (tertiary/aromatic N) is 1. The average molecular weight is 231 g/mol. The van der Waals surface area contributed by atoms with Crippen molar-refractivity contribution in [3.05, 3.63) is 0 Å². The Hall–Kier alpha value is -0.880. The van der Waals surface area contributed by atoms with Crippen LogP contribution in [0.25, 0.3) is 0 Å². The third kappa shape index (κ3) is 1.68. The molecule has 0 saturated carbocycles. The second-order valence-electron chi connectivity index (χ2n) is 3.69. The summed E-state index contributed by atoms with van der Waals surface area (Å²) in [6.07, 6.45) is 0.474. The zero-order valence-electron chi connectivity index (χ0n) is 8.29. The lowest BCUT2D eigenvalue weighted by atomic mass is 9.97. The lowest BCUT2D eigenvalue weighted by molar-refractivity contribution is -0.160. The Morgan fingerprint density at radius 3 is 3.07 bits per heavy atom. The molecule has 3 atom stereocenters. The lowest BCUT2D eigenvalue weighted by Crippen LogP contribution is -2.63. The molecule has 5 nitrogen and oxygen atoms in total. The number of ether oxygens (including phenoxy) is 1. The Morgan fingerprint density at radius 2 is 2.53 bits per heavy atom. The van der Waals surface area contributed by atoms with Gasteiger partial charge in [-0.1, -0.05) is 5.37 Å². The van der Waals surface area contributed by atoms with Crippen LogP contribution in [0.4, 0.5) is 0 Å². The van der Waals surface area contributed by atoms with Crippen molar-refractivity contribution in [2.75, 3.05) is 13.7 Å². The van der Waals surface area contributed by atoms with Crippen LogP contribution in [0, 0.1) is 5.92 Å². The molecule has 2 aliphatic heterocycles. The highest BCUT2D eigenvalue weighted by atomic mass is 32.1. The van der Waals surface area contributed by atoms with Crippen LogP contribution in [0.15, 0.2) is 0 Å². The van der Waals surface area contributed by atoms with Crippen molar-refractivity contribution in [3.8, 4) is 0 Å². The van der Waals surface area contributed by atoms with Crippen LogP contribution >= 0.6 is 11.4 Å². The molecule has 6 heteroatoms. The Morgan fingerprint density at radius 1 is 1.80 bits per heavy atom. The first kappa shape index (κ1) is 10.6. The van der Waals surface area contributed by atoms with Gasteiger partial charge in [-0.2, -0.15) is 11.4 Å². The van der Waals surface area contributed by atoms with E-state index in [4.69, 9.17) is 9.84 Å². The number of β-lactam (4-membered cyclic amide) rings is 1. The van der Waals surface area contributed by atoms with Crippen molar-refractivity contribution in [1.82, 2.24) is 4.90 Å². The van der Waals surface area contributed by atoms with E-state index in [2.05, 4.69) is 0 Å². The molecular weight excluding hydrogens is 218 g/mol. The van der Waals surface area contributed by atoms with Crippen LogP contribution in [-0.4, -0.2) is 52.4 Å². The molecule has 3 unspecified atom stereocenters. The molecule has 0 aromatic heterocycles. The van der Waals surface area contributed by atoms with Crippen LogP contribution in [0.3, 0.4) is 0 Å². The molecule has 84 valence electrons. The number of carboxylic acids is 1. The number of hydrogen-bond acceptors (Lipinski definition) is 3. The number of amides is 1. The van der Waals surface area contributed by atoms with Crippen molar-refractivity contribution >= 4 is 28.6 Å². The molecule has 1 fully saturated rings. The molecule has 0 bridgehead atoms. The first-order valence-corrected chi connectivity index (χ1v) is 5.74. The number of rotatable bonds is 3. The summed E-state index contributed by atoms with van der Waals surface area (Å²) < 4.78 is 4.97. The van der Waals surface area contributed by atoms with Gasteiger partial charge in [-0.15, -0.1) is 0 Å². The first-order chi connectivity index (χ1) is 7.15. The number of fused-ring (bicyclic) bond motifs is 1. The maximum absolute atomic E-state index is 11.3. The Bertz CT molecular complexity index is 330. The maximum Gasteiger partial charge on any atom is 0.327 e. The summed E-state index contributed by atoms with van der Waals surface area (Å²) in [5, 5.41) is 11.1. The highest BCUT2D eigenvalue weighted by Gasteiger charge is 2.47. The molecule has 0 aromatic carbocycles. The molecule has 1 saturated heterocycles. The van der Waals surface area contributed by atoms with E-state index in [1.807, 2.05) is 5.37 Å². The fourth-order valence-corrected chi connectivity index (χ4v) is 3.35. The van der Waals surface area contributed by atoms with Crippen LogP contribution in [0.2, 0.25) is 0 Å². The van der Waals surface area contributed by atoms with Crippen molar-refractivity contribution < 1.29 is 19.4 Å². The van der Waals surface area contributed by atoms with Gasteiger partial charge in [-0.3, -0.25) is 4.79 Å². The van der Waals surface area contributed by atoms with E-state index in [0.29, 0.717) is 13.0 Å². The second kappa shape index (κ2) is 3.94. The zero-order chi connectivity index (χ0) is 11.0. The van der Waals surface area contributed by atoms with Gasteiger partial charge in [0, 0.05) is 13.0 Å². The number of aliphatic carboxylic acids is 1. The molecule has 1 N–H and O–H groups in total. The summed E-state index contributed by atoms with van der Waals surface area (Å²) in [7, 11) is 1.54. The molecule has 0 aliphatic carbocycles. The third-order valence-electron chi connectivity index (χ3n) is 2.73. The molecule has 0 radical (unpaired) electrons. The number of methoxy groups -OCH3 is 1. The monoisotopic (exact) mass is 231 g/mol. The summed E-state index contributed by atoms with van der Waals surface area (Å²) in [5.74, 6) is -1.20. The van der Waals surface area contributed by atoms with Crippen LogP contribution in [0.5, 0.6) is 0 Å². The minimum atomic E-state index is -0.943. The van der Waals surface area contributed by atoms with Crippen LogP contribution in [-0.2, 0) is 14.3 Å². The van der Waals surface area contributed by atoms with Gasteiger partial charge >= 0.3 is 5.97 Å². The van der Waals surface area contributed by atoms with Gasteiger partial charge < -0.3 is 14.7 Å². The van der Waals surface area contributed by atoms with Gasteiger partial charge in [0.25, 0.3) is 0 Å². The minimum absolute atomic E-state index is 0.0610. The summed E-state index contributed by atoms with van der Waals surface area (Å²) in [6.45, 7) is 0.348. The predicted octanol–water partition coefficient (Wildman–Crippen LogP) is -0.458. The normalized spacial score (nSPS) is 34.1. The Labute approximate surface area is 91.0 Å². The molecule has 2 aliphatic rings. The number of carboxylic acid groups (broad SMARTS) is 1. The SMILES string of the molecule is COCC1C=[SH]C2CC(=O)N2C1C(=O)O. The van der Waals surface area contributed by atoms with Crippen molar-refractivity contribution in [3.63, 3.8) is 0 Å². The summed E-state index contributed by atoms with van der Waals surface area (Å²) in [5.41, 5.74) is 0. The molecule has 15 heavy (non-hydrogen) atoms. The van der Waals surface area contributed by atoms with Crippen LogP contribution in [0.1, 0.15) is 6.42 Å². The van der Waals surface area contributed by atoms with E-state index in [9.17, 15) is 9.59 Å². The number of hydrogen-bond donors (Lipinski definition) is 2. The molecule has 2 heterocycles. The largest absolute Gasteiger partial charge is 0.480 e. The molecule has 2 rings (SSSR count). The highest BCUT2D eigenvalue weighted by Crippen LogP contribution is 2.34. The summed E-state index contributed by atoms with van der Waals surface area (Å²) >= 11 is 1.03. The van der Waals surface area contributed by atoms with Crippen molar-refractivity contribution in [2.24, 2.45) is 5.92 Å². The zero-order valence-corrected chi connectivity index (χ0v) is 9.18. The summed E-state index contributed by atoms with van der Waals surface area (Å²) in [4.78, 5) is 23.9. The Balaban J connectivity index is 2.22. The topological polar surface area (TPSA) is 66.8 Å². The van der Waals surface area contributed by atoms with Crippen molar-refractivity contribution in [1.29, 1.82) is 0 Å². The average Bonchev–Trinajstić information content (AvgIpc) is 2.18.